The first-order chi connectivity index (χ1) is 17.3. The van der Waals surface area contributed by atoms with Gasteiger partial charge in [0.05, 0.1) is 17.5 Å². The quantitative estimate of drug-likeness (QED) is 0.433. The number of ether oxygens (including phenoxy) is 1. The lowest BCUT2D eigenvalue weighted by atomic mass is 9.89. The van der Waals surface area contributed by atoms with Crippen LogP contribution in [0.4, 0.5) is 11.8 Å². The van der Waals surface area contributed by atoms with Gasteiger partial charge in [-0.2, -0.15) is 4.98 Å². The van der Waals surface area contributed by atoms with Crippen molar-refractivity contribution in [2.75, 3.05) is 45.0 Å². The maximum absolute atomic E-state index is 11.8. The number of nitrogens with zero attached hydrogens (tertiary/aromatic N) is 3. The van der Waals surface area contributed by atoms with Crippen LogP contribution < -0.4 is 19.7 Å². The molecule has 2 N–H and O–H groups in total. The smallest absolute Gasteiger partial charge is 0.225 e. The summed E-state index contributed by atoms with van der Waals surface area (Å²) >= 11 is 0. The van der Waals surface area contributed by atoms with Crippen LogP contribution in [-0.2, 0) is 11.0 Å². The van der Waals surface area contributed by atoms with E-state index in [1.807, 2.05) is 53.1 Å². The van der Waals surface area contributed by atoms with E-state index in [0.717, 1.165) is 62.5 Å². The van der Waals surface area contributed by atoms with Crippen LogP contribution in [0.5, 0.6) is 5.75 Å². The molecule has 196 valence electrons. The Morgan fingerprint density at radius 2 is 1.75 bits per heavy atom. The summed E-state index contributed by atoms with van der Waals surface area (Å²) in [6.07, 6.45) is 6.80. The minimum atomic E-state index is -1.14. The van der Waals surface area contributed by atoms with Crippen molar-refractivity contribution in [2.45, 2.75) is 57.8 Å². The lowest BCUT2D eigenvalue weighted by Crippen LogP contribution is -2.19. The summed E-state index contributed by atoms with van der Waals surface area (Å²) in [6.45, 7) is 6.88. The summed E-state index contributed by atoms with van der Waals surface area (Å²) in [4.78, 5) is 12.3. The molecule has 1 unspecified atom stereocenters. The molecule has 36 heavy (non-hydrogen) atoms. The van der Waals surface area contributed by atoms with Crippen LogP contribution in [0.3, 0.4) is 0 Å². The Balaban J connectivity index is 0.000000214. The maximum Gasteiger partial charge on any atom is 0.225 e. The Morgan fingerprint density at radius 3 is 2.39 bits per heavy atom. The van der Waals surface area contributed by atoms with E-state index in [2.05, 4.69) is 37.0 Å². The van der Waals surface area contributed by atoms with Gasteiger partial charge >= 0.3 is 0 Å². The van der Waals surface area contributed by atoms with Gasteiger partial charge in [-0.1, -0.05) is 31.4 Å². The van der Waals surface area contributed by atoms with Gasteiger partial charge in [0.1, 0.15) is 22.6 Å². The van der Waals surface area contributed by atoms with Gasteiger partial charge in [-0.05, 0) is 81.5 Å². The fourth-order valence-electron chi connectivity index (χ4n) is 4.73. The molecule has 0 amide bonds. The maximum atomic E-state index is 11.8. The van der Waals surface area contributed by atoms with Gasteiger partial charge in [-0.15, -0.1) is 0 Å². The van der Waals surface area contributed by atoms with Gasteiger partial charge in [0, 0.05) is 26.0 Å². The zero-order valence-corrected chi connectivity index (χ0v) is 23.6. The van der Waals surface area contributed by atoms with Gasteiger partial charge in [-0.3, -0.25) is 0 Å². The van der Waals surface area contributed by atoms with Gasteiger partial charge in [0.15, 0.2) is 0 Å². The molecule has 1 fully saturated rings. The number of hydrogen-bond acceptors (Lipinski definition) is 6. The number of hydrogen-bond donors (Lipinski definition) is 2. The number of aromatic nitrogens is 2. The third-order valence-electron chi connectivity index (χ3n) is 6.85. The van der Waals surface area contributed by atoms with Crippen LogP contribution in [0.25, 0.3) is 10.9 Å². The normalized spacial score (nSPS) is 14.6. The van der Waals surface area contributed by atoms with E-state index < -0.39 is 11.0 Å². The monoisotopic (exact) mass is 511 g/mol. The highest BCUT2D eigenvalue weighted by atomic mass is 32.2. The lowest BCUT2D eigenvalue weighted by molar-refractivity contribution is 0.373. The number of methoxy groups -OCH3 is 1. The molecule has 0 bridgehead atoms. The molecule has 0 spiro atoms. The van der Waals surface area contributed by atoms with Crippen molar-refractivity contribution in [1.82, 2.24) is 14.7 Å². The van der Waals surface area contributed by atoms with Crippen molar-refractivity contribution < 1.29 is 8.95 Å². The van der Waals surface area contributed by atoms with E-state index in [0.29, 0.717) is 0 Å². The number of fused-ring (bicyclic) bond motifs is 1. The molecule has 0 aliphatic heterocycles. The van der Waals surface area contributed by atoms with Crippen molar-refractivity contribution in [3.05, 3.63) is 47.0 Å². The third kappa shape index (κ3) is 6.73. The molecular weight excluding hydrogens is 470 g/mol. The Morgan fingerprint density at radius 1 is 1.06 bits per heavy atom. The summed E-state index contributed by atoms with van der Waals surface area (Å²) < 4.78 is 19.8. The Kier molecular flexibility index (Phi) is 10.1. The Hall–Kier alpha value is -2.71. The van der Waals surface area contributed by atoms with Gasteiger partial charge in [0.25, 0.3) is 0 Å². The Labute approximate surface area is 218 Å². The van der Waals surface area contributed by atoms with Crippen LogP contribution in [0.1, 0.15) is 48.8 Å². The summed E-state index contributed by atoms with van der Waals surface area (Å²) in [6, 6.07) is 10.1. The molecule has 4 rings (SSSR count). The largest absolute Gasteiger partial charge is 0.496 e. The van der Waals surface area contributed by atoms with E-state index in [9.17, 15) is 4.21 Å². The minimum absolute atomic E-state index is 0.753. The average molecular weight is 512 g/mol. The number of para-hydroxylation sites is 1. The highest BCUT2D eigenvalue weighted by molar-refractivity contribution is 7.83. The molecule has 1 aliphatic rings. The second kappa shape index (κ2) is 13.0. The van der Waals surface area contributed by atoms with Crippen molar-refractivity contribution in [1.29, 1.82) is 0 Å². The summed E-state index contributed by atoms with van der Waals surface area (Å²) in [5.74, 6) is 3.35. The molecule has 1 saturated carbocycles. The van der Waals surface area contributed by atoms with E-state index in [4.69, 9.17) is 4.74 Å². The number of aryl methyl sites for hydroxylation is 1. The number of benzene rings is 2. The molecule has 1 heterocycles. The zero-order valence-electron chi connectivity index (χ0n) is 22.8. The molecule has 1 aliphatic carbocycles. The third-order valence-corrected chi connectivity index (χ3v) is 8.22. The second-order valence-corrected chi connectivity index (χ2v) is 11.0. The van der Waals surface area contributed by atoms with Crippen LogP contribution in [0, 0.1) is 26.7 Å². The van der Waals surface area contributed by atoms with Gasteiger partial charge in [-0.25, -0.2) is 13.9 Å². The molecule has 0 saturated heterocycles. The second-order valence-electron chi connectivity index (χ2n) is 9.62. The van der Waals surface area contributed by atoms with Crippen molar-refractivity contribution >= 4 is 33.7 Å². The summed E-state index contributed by atoms with van der Waals surface area (Å²) in [5, 5.41) is 4.56. The van der Waals surface area contributed by atoms with E-state index in [-0.39, 0.29) is 0 Å². The van der Waals surface area contributed by atoms with Gasteiger partial charge < -0.3 is 15.0 Å². The molecule has 1 atom stereocenters. The topological polar surface area (TPSA) is 79.4 Å². The molecule has 2 aromatic carbocycles. The molecular formula is C28H41N5O2S. The highest BCUT2D eigenvalue weighted by Gasteiger charge is 2.16. The minimum Gasteiger partial charge on any atom is -0.496 e. The van der Waals surface area contributed by atoms with Crippen molar-refractivity contribution in [3.63, 3.8) is 0 Å². The number of nitrogens with one attached hydrogen (secondary N) is 2. The lowest BCUT2D eigenvalue weighted by Gasteiger charge is -2.22. The average Bonchev–Trinajstić information content (AvgIpc) is 2.89. The van der Waals surface area contributed by atoms with Crippen LogP contribution in [0.15, 0.2) is 35.2 Å². The first-order valence-corrected chi connectivity index (χ1v) is 13.8. The predicted molar refractivity (Wildman–Crippen MR) is 152 cm³/mol. The fourth-order valence-corrected chi connectivity index (χ4v) is 5.71. The molecule has 0 radical (unpaired) electrons. The first kappa shape index (κ1) is 27.9. The molecule has 3 aromatic rings. The SMILES string of the molecule is CN(C)c1nc(NCC2CCCCC2)nc2ccccc12.CNS(=O)c1c(C)cc(OC)c(C)c1C. The van der Waals surface area contributed by atoms with Crippen LogP contribution in [-0.4, -0.2) is 49.0 Å². The zero-order chi connectivity index (χ0) is 26.2. The standard InChI is InChI=1S/C17H24N4.C11H17NO2S/c1-21(2)16-14-10-6-7-11-15(14)19-17(20-16)18-12-13-8-4-3-5-9-13;1-7-6-10(14-5)8(2)9(3)11(7)15(13)12-4/h6-7,10-11,13H,3-5,8-9,12H2,1-2H3,(H,18,19,20);6,12H,1-5H3. The fraction of sp³-hybridized carbons (Fsp3) is 0.500. The predicted octanol–water partition coefficient (Wildman–Crippen LogP) is 5.55. The van der Waals surface area contributed by atoms with Crippen LogP contribution in [0.2, 0.25) is 0 Å². The Bertz CT molecular complexity index is 1190. The van der Waals surface area contributed by atoms with Crippen molar-refractivity contribution in [2.24, 2.45) is 5.92 Å². The van der Waals surface area contributed by atoms with E-state index in [1.165, 1.54) is 32.1 Å². The summed E-state index contributed by atoms with van der Waals surface area (Å²) in [7, 11) is 6.25. The molecule has 1 aromatic heterocycles. The van der Waals surface area contributed by atoms with Crippen LogP contribution >= 0.6 is 0 Å². The number of rotatable bonds is 7. The van der Waals surface area contributed by atoms with E-state index in [1.54, 1.807) is 14.2 Å². The molecule has 8 heteroatoms. The first-order valence-electron chi connectivity index (χ1n) is 12.7. The number of anilines is 2. The highest BCUT2D eigenvalue weighted by Crippen LogP contribution is 2.29. The summed E-state index contributed by atoms with van der Waals surface area (Å²) in [5.41, 5.74) is 4.06. The van der Waals surface area contributed by atoms with Crippen molar-refractivity contribution in [3.8, 4) is 5.75 Å². The van der Waals surface area contributed by atoms with E-state index >= 15 is 0 Å². The van der Waals surface area contributed by atoms with Gasteiger partial charge in [0.2, 0.25) is 5.95 Å². The molecule has 7 nitrogen and oxygen atoms in total.